The first-order chi connectivity index (χ1) is 16.7. The van der Waals surface area contributed by atoms with E-state index < -0.39 is 41.9 Å². The Bertz CT molecular complexity index is 699. The van der Waals surface area contributed by atoms with Gasteiger partial charge in [-0.05, 0) is 65.7 Å². The van der Waals surface area contributed by atoms with Gasteiger partial charge in [0.25, 0.3) is 0 Å². The summed E-state index contributed by atoms with van der Waals surface area (Å²) in [6, 6.07) is 0. The first kappa shape index (κ1) is 31.4. The molecule has 0 aromatic carbocycles. The molecule has 2 aliphatic heterocycles. The zero-order valence-corrected chi connectivity index (χ0v) is 24.2. The van der Waals surface area contributed by atoms with Crippen LogP contribution in [-0.4, -0.2) is 77.9 Å². The number of rotatable bonds is 10. The van der Waals surface area contributed by atoms with E-state index in [-0.39, 0.29) is 42.4 Å². The van der Waals surface area contributed by atoms with Gasteiger partial charge in [0, 0.05) is 13.0 Å². The Hall–Kier alpha value is -0.770. The van der Waals surface area contributed by atoms with Crippen LogP contribution >= 0.6 is 0 Å². The van der Waals surface area contributed by atoms with Crippen molar-refractivity contribution < 1.29 is 38.7 Å². The second-order valence-corrected chi connectivity index (χ2v) is 12.1. The van der Waals surface area contributed by atoms with Crippen molar-refractivity contribution in [3.63, 3.8) is 0 Å². The van der Waals surface area contributed by atoms with Gasteiger partial charge in [-0.2, -0.15) is 0 Å². The van der Waals surface area contributed by atoms with Crippen LogP contribution in [0.25, 0.3) is 0 Å². The first-order valence-electron chi connectivity index (χ1n) is 13.7. The predicted molar refractivity (Wildman–Crippen MR) is 137 cm³/mol. The molecule has 2 bridgehead atoms. The Morgan fingerprint density at radius 1 is 1.14 bits per heavy atom. The van der Waals surface area contributed by atoms with Gasteiger partial charge in [0.15, 0.2) is 0 Å². The van der Waals surface area contributed by atoms with E-state index in [0.717, 1.165) is 19.3 Å². The van der Waals surface area contributed by atoms with E-state index in [1.807, 2.05) is 20.8 Å². The number of hydrogen-bond donors (Lipinski definition) is 2. The molecule has 0 aliphatic carbocycles. The van der Waals surface area contributed by atoms with Crippen molar-refractivity contribution in [3.05, 3.63) is 0 Å². The Labute approximate surface area is 218 Å². The number of carbonyl (C=O) groups is 1. The average Bonchev–Trinajstić information content (AvgIpc) is 3.10. The van der Waals surface area contributed by atoms with Crippen LogP contribution in [0.2, 0.25) is 0 Å². The van der Waals surface area contributed by atoms with E-state index in [1.165, 1.54) is 7.11 Å². The Balaban J connectivity index is 2.29. The van der Waals surface area contributed by atoms with E-state index in [1.54, 1.807) is 20.8 Å². The zero-order chi connectivity index (χ0) is 27.4. The van der Waals surface area contributed by atoms with Crippen LogP contribution in [0.15, 0.2) is 0 Å². The fourth-order valence-electron chi connectivity index (χ4n) is 6.48. The monoisotopic (exact) mass is 516 g/mol. The van der Waals surface area contributed by atoms with Crippen molar-refractivity contribution in [2.75, 3.05) is 13.9 Å². The van der Waals surface area contributed by atoms with Crippen molar-refractivity contribution in [1.82, 2.24) is 0 Å². The molecule has 0 radical (unpaired) electrons. The van der Waals surface area contributed by atoms with Crippen LogP contribution in [0.1, 0.15) is 88.0 Å². The number of aliphatic hydroxyl groups excluding tert-OH is 1. The molecule has 8 nitrogen and oxygen atoms in total. The fourth-order valence-corrected chi connectivity index (χ4v) is 6.48. The highest BCUT2D eigenvalue weighted by Crippen LogP contribution is 2.46. The Morgan fingerprint density at radius 3 is 2.33 bits per heavy atom. The lowest BCUT2D eigenvalue weighted by atomic mass is 9.77. The molecule has 2 heterocycles. The van der Waals surface area contributed by atoms with Gasteiger partial charge >= 0.3 is 5.97 Å². The first-order valence-corrected chi connectivity index (χ1v) is 13.7. The maximum atomic E-state index is 13.5. The van der Waals surface area contributed by atoms with E-state index in [4.69, 9.17) is 23.7 Å². The van der Waals surface area contributed by atoms with Gasteiger partial charge in [-0.15, -0.1) is 0 Å². The maximum absolute atomic E-state index is 13.5. The third-order valence-corrected chi connectivity index (χ3v) is 8.45. The lowest BCUT2D eigenvalue weighted by Gasteiger charge is -2.40. The summed E-state index contributed by atoms with van der Waals surface area (Å²) in [5.74, 6) is -0.891. The van der Waals surface area contributed by atoms with Gasteiger partial charge < -0.3 is 33.9 Å². The summed E-state index contributed by atoms with van der Waals surface area (Å²) in [4.78, 5) is 13.5. The number of cyclic esters (lactones) is 1. The second kappa shape index (κ2) is 12.9. The van der Waals surface area contributed by atoms with Crippen LogP contribution < -0.4 is 0 Å². The molecule has 12 atom stereocenters. The third kappa shape index (κ3) is 7.41. The van der Waals surface area contributed by atoms with E-state index in [2.05, 4.69) is 20.8 Å². The topological polar surface area (TPSA) is 104 Å². The summed E-state index contributed by atoms with van der Waals surface area (Å²) in [6.07, 6.45) is -0.0968. The van der Waals surface area contributed by atoms with Crippen molar-refractivity contribution in [1.29, 1.82) is 0 Å². The van der Waals surface area contributed by atoms with Gasteiger partial charge in [0.05, 0.1) is 41.5 Å². The van der Waals surface area contributed by atoms with Crippen LogP contribution in [0.4, 0.5) is 0 Å². The van der Waals surface area contributed by atoms with Gasteiger partial charge in [-0.25, -0.2) is 0 Å². The van der Waals surface area contributed by atoms with Crippen LogP contribution in [0.5, 0.6) is 0 Å². The number of carbonyl (C=O) groups excluding carboxylic acids is 1. The SMILES string of the molecule is CCC[C@@](C)(O)[C@@H]1OC(=O)[C@H](C)[C@@H](OCOC(C)[C@H](O)C(C)OC)[C@H](C)C[C@@]2(C)CC(C)C(O2)[C@@H]1C. The molecular formula is C28H52O8. The third-order valence-electron chi connectivity index (χ3n) is 8.45. The summed E-state index contributed by atoms with van der Waals surface area (Å²) in [5.41, 5.74) is -1.54. The van der Waals surface area contributed by atoms with Crippen molar-refractivity contribution >= 4 is 5.97 Å². The summed E-state index contributed by atoms with van der Waals surface area (Å²) in [6.45, 7) is 17.4. The molecule has 0 aromatic heterocycles. The van der Waals surface area contributed by atoms with Crippen molar-refractivity contribution in [2.45, 2.75) is 136 Å². The fraction of sp³-hybridized carbons (Fsp3) is 0.964. The number of fused-ring (bicyclic) bond motifs is 2. The number of esters is 1. The highest BCUT2D eigenvalue weighted by Gasteiger charge is 2.51. The van der Waals surface area contributed by atoms with Crippen LogP contribution in [-0.2, 0) is 28.5 Å². The summed E-state index contributed by atoms with van der Waals surface area (Å²) < 4.78 is 29.9. The summed E-state index contributed by atoms with van der Waals surface area (Å²) >= 11 is 0. The molecular weight excluding hydrogens is 464 g/mol. The number of aliphatic hydroxyl groups is 2. The van der Waals surface area contributed by atoms with Crippen LogP contribution in [0.3, 0.4) is 0 Å². The minimum Gasteiger partial charge on any atom is -0.459 e. The van der Waals surface area contributed by atoms with E-state index >= 15 is 0 Å². The number of methoxy groups -OCH3 is 1. The molecule has 8 heteroatoms. The lowest BCUT2D eigenvalue weighted by Crippen LogP contribution is -2.51. The molecule has 4 unspecified atom stereocenters. The van der Waals surface area contributed by atoms with Gasteiger partial charge in [0.2, 0.25) is 0 Å². The molecule has 0 saturated carbocycles. The number of ether oxygens (including phenoxy) is 5. The average molecular weight is 517 g/mol. The molecule has 212 valence electrons. The lowest BCUT2D eigenvalue weighted by molar-refractivity contribution is -0.195. The molecule has 2 fully saturated rings. The summed E-state index contributed by atoms with van der Waals surface area (Å²) in [5, 5.41) is 21.7. The Morgan fingerprint density at radius 2 is 1.75 bits per heavy atom. The Kier molecular flexibility index (Phi) is 11.2. The highest BCUT2D eigenvalue weighted by atomic mass is 16.7. The molecule has 2 aliphatic rings. The molecule has 36 heavy (non-hydrogen) atoms. The molecule has 0 aromatic rings. The van der Waals surface area contributed by atoms with E-state index in [9.17, 15) is 15.0 Å². The number of hydrogen-bond acceptors (Lipinski definition) is 8. The van der Waals surface area contributed by atoms with Crippen molar-refractivity contribution in [3.8, 4) is 0 Å². The van der Waals surface area contributed by atoms with E-state index in [0.29, 0.717) is 6.42 Å². The quantitative estimate of drug-likeness (QED) is 0.331. The van der Waals surface area contributed by atoms with Gasteiger partial charge in [0.1, 0.15) is 19.0 Å². The molecule has 0 spiro atoms. The second-order valence-electron chi connectivity index (χ2n) is 12.1. The van der Waals surface area contributed by atoms with Crippen LogP contribution in [0, 0.1) is 23.7 Å². The normalized spacial score (nSPS) is 40.0. The zero-order valence-electron chi connectivity index (χ0n) is 24.2. The minimum absolute atomic E-state index is 0.0202. The maximum Gasteiger partial charge on any atom is 0.311 e. The summed E-state index contributed by atoms with van der Waals surface area (Å²) in [7, 11) is 1.54. The molecule has 2 saturated heterocycles. The smallest absolute Gasteiger partial charge is 0.311 e. The van der Waals surface area contributed by atoms with Gasteiger partial charge in [-0.1, -0.05) is 34.1 Å². The van der Waals surface area contributed by atoms with Gasteiger partial charge in [-0.3, -0.25) is 4.79 Å². The predicted octanol–water partition coefficient (Wildman–Crippen LogP) is 4.09. The van der Waals surface area contributed by atoms with Crippen molar-refractivity contribution in [2.24, 2.45) is 23.7 Å². The highest BCUT2D eigenvalue weighted by molar-refractivity contribution is 5.73. The molecule has 2 N–H and O–H groups in total. The molecule has 2 rings (SSSR count). The minimum atomic E-state index is -1.17. The molecule has 0 amide bonds. The largest absolute Gasteiger partial charge is 0.459 e. The standard InChI is InChI=1S/C28H52O8/c1-11-12-28(9,31)25-18(4)24-17(3)14-27(8,36-24)13-16(2)23(19(5)26(30)35-25)34-15-33-21(7)22(29)20(6)32-10/h16-25,29,31H,11-15H2,1-10H3/t16-,17?,18+,19-,20?,21?,22-,23+,24?,25-,27+,28-/m1/s1.